The van der Waals surface area contributed by atoms with Gasteiger partial charge < -0.3 is 19.9 Å². The third-order valence-corrected chi connectivity index (χ3v) is 2.76. The lowest BCUT2D eigenvalue weighted by molar-refractivity contribution is -0.138. The van der Waals surface area contributed by atoms with Crippen LogP contribution in [0.1, 0.15) is 27.2 Å². The summed E-state index contributed by atoms with van der Waals surface area (Å²) in [5.41, 5.74) is 0.913. The molecule has 0 aromatic rings. The van der Waals surface area contributed by atoms with Crippen molar-refractivity contribution in [3.05, 3.63) is 12.2 Å². The summed E-state index contributed by atoms with van der Waals surface area (Å²) in [5.74, 6) is -1.10. The number of amides is 1. The maximum Gasteiger partial charge on any atom is 0.336 e. The number of carbonyl (C=O) groups excluding carboxylic acids is 1. The molecule has 1 aliphatic heterocycles. The maximum atomic E-state index is 11.8. The van der Waals surface area contributed by atoms with E-state index in [9.17, 15) is 9.59 Å². The molecule has 2 N–H and O–H groups in total. The Balaban J connectivity index is 2.41. The van der Waals surface area contributed by atoms with Crippen molar-refractivity contribution in [2.24, 2.45) is 5.92 Å². The Morgan fingerprint density at radius 1 is 1.40 bits per heavy atom. The Kier molecular flexibility index (Phi) is 6.16. The molecule has 6 nitrogen and oxygen atoms in total. The minimum absolute atomic E-state index is 0.152. The first-order valence-electron chi connectivity index (χ1n) is 6.72. The van der Waals surface area contributed by atoms with Gasteiger partial charge in [0, 0.05) is 0 Å². The first kappa shape index (κ1) is 16.7. The molecule has 1 saturated heterocycles. The van der Waals surface area contributed by atoms with Crippen LogP contribution >= 0.6 is 0 Å². The zero-order valence-corrected chi connectivity index (χ0v) is 12.2. The molecule has 0 saturated carbocycles. The smallest absolute Gasteiger partial charge is 0.336 e. The van der Waals surface area contributed by atoms with Crippen LogP contribution in [-0.4, -0.2) is 48.4 Å². The number of carboxylic acids is 1. The van der Waals surface area contributed by atoms with E-state index >= 15 is 0 Å². The van der Waals surface area contributed by atoms with Gasteiger partial charge in [0.2, 0.25) is 0 Å². The summed E-state index contributed by atoms with van der Waals surface area (Å²) in [5, 5.41) is 11.5. The number of hydrogen-bond acceptors (Lipinski definition) is 4. The van der Waals surface area contributed by atoms with E-state index in [1.54, 1.807) is 0 Å². The zero-order chi connectivity index (χ0) is 15.3. The van der Waals surface area contributed by atoms with Crippen molar-refractivity contribution in [3.63, 3.8) is 0 Å². The van der Waals surface area contributed by atoms with E-state index in [1.165, 1.54) is 0 Å². The Labute approximate surface area is 119 Å². The molecule has 1 fully saturated rings. The van der Waals surface area contributed by atoms with Gasteiger partial charge in [-0.1, -0.05) is 26.0 Å². The molecule has 20 heavy (non-hydrogen) atoms. The van der Waals surface area contributed by atoms with Crippen molar-refractivity contribution < 1.29 is 24.2 Å². The van der Waals surface area contributed by atoms with E-state index in [2.05, 4.69) is 11.9 Å². The average molecular weight is 285 g/mol. The number of hydrogen-bond donors (Lipinski definition) is 2. The summed E-state index contributed by atoms with van der Waals surface area (Å²) < 4.78 is 10.3. The highest BCUT2D eigenvalue weighted by atomic mass is 16.6. The summed E-state index contributed by atoms with van der Waals surface area (Å²) in [6, 6.07) is -0.152. The van der Waals surface area contributed by atoms with Crippen LogP contribution in [0.3, 0.4) is 0 Å². The van der Waals surface area contributed by atoms with E-state index < -0.39 is 18.2 Å². The molecular formula is C14H23NO5. The molecule has 1 aliphatic rings. The lowest BCUT2D eigenvalue weighted by Crippen LogP contribution is -2.42. The standard InChI is InChI=1S/C14H23NO5/c1-8(2)5-10(7-19-6-9(3)4)15-13(16)11-12(20-11)14(17)18/h8,10-12H,3,5-7H2,1-2,4H3,(H,15,16)(H,17,18)/t10?,11-,12-/m0/s1. The van der Waals surface area contributed by atoms with E-state index in [0.29, 0.717) is 19.1 Å². The number of ether oxygens (including phenoxy) is 2. The molecule has 0 radical (unpaired) electrons. The number of carbonyl (C=O) groups is 2. The highest BCUT2D eigenvalue weighted by Gasteiger charge is 2.51. The van der Waals surface area contributed by atoms with Crippen LogP contribution in [0.15, 0.2) is 12.2 Å². The van der Waals surface area contributed by atoms with Crippen LogP contribution in [0, 0.1) is 5.92 Å². The lowest BCUT2D eigenvalue weighted by Gasteiger charge is -2.20. The van der Waals surface area contributed by atoms with Gasteiger partial charge in [0.1, 0.15) is 0 Å². The largest absolute Gasteiger partial charge is 0.479 e. The molecule has 6 heteroatoms. The average Bonchev–Trinajstić information content (AvgIpc) is 3.06. The quantitative estimate of drug-likeness (QED) is 0.486. The molecule has 0 aromatic heterocycles. The summed E-state index contributed by atoms with van der Waals surface area (Å²) in [4.78, 5) is 22.5. The Morgan fingerprint density at radius 3 is 2.50 bits per heavy atom. The second-order valence-corrected chi connectivity index (χ2v) is 5.62. The molecule has 1 heterocycles. The molecular weight excluding hydrogens is 262 g/mol. The van der Waals surface area contributed by atoms with Gasteiger partial charge in [-0.25, -0.2) is 4.79 Å². The summed E-state index contributed by atoms with van der Waals surface area (Å²) >= 11 is 0. The minimum atomic E-state index is -1.11. The molecule has 1 rings (SSSR count). The van der Waals surface area contributed by atoms with Crippen LogP contribution in [0.4, 0.5) is 0 Å². The van der Waals surface area contributed by atoms with Gasteiger partial charge >= 0.3 is 5.97 Å². The van der Waals surface area contributed by atoms with Crippen LogP contribution in [-0.2, 0) is 19.1 Å². The van der Waals surface area contributed by atoms with Gasteiger partial charge in [0.15, 0.2) is 12.2 Å². The summed E-state index contributed by atoms with van der Waals surface area (Å²) in [6.07, 6.45) is -1.12. The predicted molar refractivity (Wildman–Crippen MR) is 73.3 cm³/mol. The lowest BCUT2D eigenvalue weighted by atomic mass is 10.0. The first-order valence-corrected chi connectivity index (χ1v) is 6.72. The van der Waals surface area contributed by atoms with E-state index in [4.69, 9.17) is 14.6 Å². The van der Waals surface area contributed by atoms with Gasteiger partial charge in [-0.15, -0.1) is 0 Å². The third kappa shape index (κ3) is 5.71. The molecule has 0 aromatic carbocycles. The Bertz CT molecular complexity index is 380. The molecule has 1 unspecified atom stereocenters. The second kappa shape index (κ2) is 7.40. The van der Waals surface area contributed by atoms with Crippen LogP contribution in [0.2, 0.25) is 0 Å². The van der Waals surface area contributed by atoms with Crippen LogP contribution < -0.4 is 5.32 Å². The maximum absolute atomic E-state index is 11.8. The first-order chi connectivity index (χ1) is 9.31. The molecule has 1 amide bonds. The Morgan fingerprint density at radius 2 is 2.05 bits per heavy atom. The number of aliphatic carboxylic acids is 1. The molecule has 0 aliphatic carbocycles. The third-order valence-electron chi connectivity index (χ3n) is 2.76. The highest BCUT2D eigenvalue weighted by molar-refractivity contribution is 5.92. The van der Waals surface area contributed by atoms with E-state index in [1.807, 2.05) is 20.8 Å². The van der Waals surface area contributed by atoms with E-state index in [0.717, 1.165) is 12.0 Å². The highest BCUT2D eigenvalue weighted by Crippen LogP contribution is 2.22. The van der Waals surface area contributed by atoms with E-state index in [-0.39, 0.29) is 11.9 Å². The fraction of sp³-hybridized carbons (Fsp3) is 0.714. The number of epoxide rings is 1. The molecule has 0 spiro atoms. The van der Waals surface area contributed by atoms with Crippen molar-refractivity contribution >= 4 is 11.9 Å². The van der Waals surface area contributed by atoms with Gasteiger partial charge in [0.05, 0.1) is 19.3 Å². The summed E-state index contributed by atoms with van der Waals surface area (Å²) in [7, 11) is 0. The minimum Gasteiger partial charge on any atom is -0.479 e. The molecule has 114 valence electrons. The number of carboxylic acid groups (broad SMARTS) is 1. The van der Waals surface area contributed by atoms with Crippen molar-refractivity contribution in [1.29, 1.82) is 0 Å². The Hall–Kier alpha value is -1.40. The van der Waals surface area contributed by atoms with Gasteiger partial charge in [-0.2, -0.15) is 0 Å². The van der Waals surface area contributed by atoms with Crippen LogP contribution in [0.5, 0.6) is 0 Å². The fourth-order valence-corrected chi connectivity index (χ4v) is 1.90. The number of rotatable bonds is 9. The van der Waals surface area contributed by atoms with Gasteiger partial charge in [-0.3, -0.25) is 4.79 Å². The molecule has 3 atom stereocenters. The monoisotopic (exact) mass is 285 g/mol. The fourth-order valence-electron chi connectivity index (χ4n) is 1.90. The predicted octanol–water partition coefficient (Wildman–Crippen LogP) is 0.962. The van der Waals surface area contributed by atoms with Crippen molar-refractivity contribution in [3.8, 4) is 0 Å². The van der Waals surface area contributed by atoms with Crippen molar-refractivity contribution in [2.75, 3.05) is 13.2 Å². The second-order valence-electron chi connectivity index (χ2n) is 5.62. The topological polar surface area (TPSA) is 88.2 Å². The molecule has 0 bridgehead atoms. The van der Waals surface area contributed by atoms with Crippen molar-refractivity contribution in [2.45, 2.75) is 45.4 Å². The number of nitrogens with one attached hydrogen (secondary N) is 1. The SMILES string of the molecule is C=C(C)COCC(CC(C)C)NC(=O)[C@H]1O[C@@H]1C(=O)O. The van der Waals surface area contributed by atoms with Crippen molar-refractivity contribution in [1.82, 2.24) is 5.32 Å². The van der Waals surface area contributed by atoms with Gasteiger partial charge in [-0.05, 0) is 19.3 Å². The van der Waals surface area contributed by atoms with Gasteiger partial charge in [0.25, 0.3) is 5.91 Å². The summed E-state index contributed by atoms with van der Waals surface area (Å²) in [6.45, 7) is 10.5. The van der Waals surface area contributed by atoms with Crippen LogP contribution in [0.25, 0.3) is 0 Å². The normalized spacial score (nSPS) is 22.4. The zero-order valence-electron chi connectivity index (χ0n) is 12.2.